The molecule has 2 aromatic rings. The standard InChI is InChI=1S/C19H20O2/c1-2-14-6-8-15(9-7-14)13-21-17-11-10-16-4-3-5-19(20)18(16)12-17/h6-12H,2-5,13H2,1H3. The summed E-state index contributed by atoms with van der Waals surface area (Å²) in [5.74, 6) is 1.03. The lowest BCUT2D eigenvalue weighted by Crippen LogP contribution is -2.10. The van der Waals surface area contributed by atoms with Crippen LogP contribution in [0.5, 0.6) is 5.75 Å². The number of carbonyl (C=O) groups excluding carboxylic acids is 1. The quantitative estimate of drug-likeness (QED) is 0.832. The normalized spacial score (nSPS) is 13.9. The van der Waals surface area contributed by atoms with E-state index in [1.807, 2.05) is 18.2 Å². The number of benzene rings is 2. The van der Waals surface area contributed by atoms with Gasteiger partial charge in [0.25, 0.3) is 0 Å². The molecule has 21 heavy (non-hydrogen) atoms. The van der Waals surface area contributed by atoms with E-state index >= 15 is 0 Å². The van der Waals surface area contributed by atoms with Crippen molar-refractivity contribution in [3.8, 4) is 5.75 Å². The zero-order valence-corrected chi connectivity index (χ0v) is 12.4. The third-order valence-electron chi connectivity index (χ3n) is 4.07. The summed E-state index contributed by atoms with van der Waals surface area (Å²) >= 11 is 0. The van der Waals surface area contributed by atoms with Gasteiger partial charge in [-0.1, -0.05) is 37.3 Å². The second kappa shape index (κ2) is 6.13. The minimum absolute atomic E-state index is 0.244. The SMILES string of the molecule is CCc1ccc(COc2ccc3c(c2)C(=O)CCC3)cc1. The number of hydrogen-bond acceptors (Lipinski definition) is 2. The average molecular weight is 280 g/mol. The largest absolute Gasteiger partial charge is 0.489 e. The van der Waals surface area contributed by atoms with E-state index in [9.17, 15) is 4.79 Å². The van der Waals surface area contributed by atoms with Crippen LogP contribution in [0.2, 0.25) is 0 Å². The number of hydrogen-bond donors (Lipinski definition) is 0. The smallest absolute Gasteiger partial charge is 0.163 e. The lowest BCUT2D eigenvalue weighted by molar-refractivity contribution is 0.0972. The molecule has 108 valence electrons. The van der Waals surface area contributed by atoms with Gasteiger partial charge < -0.3 is 4.74 Å². The predicted octanol–water partition coefficient (Wildman–Crippen LogP) is 4.35. The number of fused-ring (bicyclic) bond motifs is 1. The summed E-state index contributed by atoms with van der Waals surface area (Å²) < 4.78 is 5.83. The molecule has 0 atom stereocenters. The van der Waals surface area contributed by atoms with Crippen molar-refractivity contribution in [2.24, 2.45) is 0 Å². The van der Waals surface area contributed by atoms with Crippen LogP contribution < -0.4 is 4.74 Å². The molecule has 0 amide bonds. The Bertz CT molecular complexity index is 641. The molecule has 0 heterocycles. The molecule has 0 aliphatic heterocycles. The molecule has 0 bridgehead atoms. The van der Waals surface area contributed by atoms with Gasteiger partial charge in [0.1, 0.15) is 12.4 Å². The minimum Gasteiger partial charge on any atom is -0.489 e. The number of aryl methyl sites for hydroxylation is 2. The zero-order valence-electron chi connectivity index (χ0n) is 12.4. The maximum absolute atomic E-state index is 11.9. The molecule has 0 saturated carbocycles. The van der Waals surface area contributed by atoms with Crippen LogP contribution in [-0.4, -0.2) is 5.78 Å². The number of Topliss-reactive ketones (excluding diaryl/α,β-unsaturated/α-hetero) is 1. The van der Waals surface area contributed by atoms with Gasteiger partial charge in [-0.3, -0.25) is 4.79 Å². The van der Waals surface area contributed by atoms with Gasteiger partial charge in [-0.05, 0) is 48.1 Å². The van der Waals surface area contributed by atoms with Crippen molar-refractivity contribution in [2.45, 2.75) is 39.2 Å². The first-order chi connectivity index (χ1) is 10.3. The second-order valence-electron chi connectivity index (χ2n) is 5.55. The van der Waals surface area contributed by atoms with E-state index in [1.54, 1.807) is 0 Å². The van der Waals surface area contributed by atoms with Gasteiger partial charge in [0, 0.05) is 12.0 Å². The first-order valence-electron chi connectivity index (χ1n) is 7.63. The molecule has 0 unspecified atom stereocenters. The summed E-state index contributed by atoms with van der Waals surface area (Å²) in [6.07, 6.45) is 3.68. The Morgan fingerprint density at radius 1 is 1.00 bits per heavy atom. The number of rotatable bonds is 4. The molecular weight excluding hydrogens is 260 g/mol. The fraction of sp³-hybridized carbons (Fsp3) is 0.316. The van der Waals surface area contributed by atoms with E-state index in [4.69, 9.17) is 4.74 Å². The third-order valence-corrected chi connectivity index (χ3v) is 4.07. The molecule has 1 aliphatic rings. The first-order valence-corrected chi connectivity index (χ1v) is 7.63. The van der Waals surface area contributed by atoms with Crippen molar-refractivity contribution in [3.63, 3.8) is 0 Å². The molecule has 0 aromatic heterocycles. The maximum Gasteiger partial charge on any atom is 0.163 e. The molecule has 0 fully saturated rings. The van der Waals surface area contributed by atoms with Gasteiger partial charge >= 0.3 is 0 Å². The predicted molar refractivity (Wildman–Crippen MR) is 83.9 cm³/mol. The van der Waals surface area contributed by atoms with Crippen LogP contribution in [0.1, 0.15) is 46.8 Å². The minimum atomic E-state index is 0.244. The second-order valence-corrected chi connectivity index (χ2v) is 5.55. The average Bonchev–Trinajstić information content (AvgIpc) is 2.54. The lowest BCUT2D eigenvalue weighted by Gasteiger charge is -2.16. The molecule has 0 spiro atoms. The summed E-state index contributed by atoms with van der Waals surface area (Å²) in [7, 11) is 0. The zero-order chi connectivity index (χ0) is 14.7. The summed E-state index contributed by atoms with van der Waals surface area (Å²) in [4.78, 5) is 11.9. The van der Waals surface area contributed by atoms with Crippen LogP contribution in [0.25, 0.3) is 0 Å². The van der Waals surface area contributed by atoms with Crippen molar-refractivity contribution < 1.29 is 9.53 Å². The van der Waals surface area contributed by atoms with Gasteiger partial charge in [0.2, 0.25) is 0 Å². The lowest BCUT2D eigenvalue weighted by atomic mass is 9.90. The highest BCUT2D eigenvalue weighted by molar-refractivity contribution is 5.98. The fourth-order valence-corrected chi connectivity index (χ4v) is 2.73. The van der Waals surface area contributed by atoms with Crippen LogP contribution in [0.4, 0.5) is 0 Å². The van der Waals surface area contributed by atoms with Crippen molar-refractivity contribution in [2.75, 3.05) is 0 Å². The molecule has 1 aliphatic carbocycles. The van der Waals surface area contributed by atoms with Crippen molar-refractivity contribution in [1.82, 2.24) is 0 Å². The van der Waals surface area contributed by atoms with Crippen molar-refractivity contribution >= 4 is 5.78 Å². The Hall–Kier alpha value is -2.09. The number of ketones is 1. The van der Waals surface area contributed by atoms with E-state index in [2.05, 4.69) is 31.2 Å². The van der Waals surface area contributed by atoms with Gasteiger partial charge in [-0.15, -0.1) is 0 Å². The molecule has 2 heteroatoms. The monoisotopic (exact) mass is 280 g/mol. The fourth-order valence-electron chi connectivity index (χ4n) is 2.73. The molecule has 2 nitrogen and oxygen atoms in total. The summed E-state index contributed by atoms with van der Waals surface area (Å²) in [5, 5.41) is 0. The molecule has 0 N–H and O–H groups in total. The third kappa shape index (κ3) is 3.15. The van der Waals surface area contributed by atoms with Crippen LogP contribution >= 0.6 is 0 Å². The Kier molecular flexibility index (Phi) is 4.05. The summed E-state index contributed by atoms with van der Waals surface area (Å²) in [6, 6.07) is 14.4. The molecule has 2 aromatic carbocycles. The van der Waals surface area contributed by atoms with E-state index in [0.29, 0.717) is 13.0 Å². The van der Waals surface area contributed by atoms with Crippen molar-refractivity contribution in [3.05, 3.63) is 64.7 Å². The number of ether oxygens (including phenoxy) is 1. The Balaban J connectivity index is 1.70. The van der Waals surface area contributed by atoms with Gasteiger partial charge in [0.15, 0.2) is 5.78 Å². The molecular formula is C19H20O2. The Morgan fingerprint density at radius 2 is 1.76 bits per heavy atom. The highest BCUT2D eigenvalue weighted by Crippen LogP contribution is 2.25. The first kappa shape index (κ1) is 13.9. The highest BCUT2D eigenvalue weighted by atomic mass is 16.5. The van der Waals surface area contributed by atoms with E-state index in [1.165, 1.54) is 5.56 Å². The van der Waals surface area contributed by atoms with Gasteiger partial charge in [-0.25, -0.2) is 0 Å². The molecule has 0 radical (unpaired) electrons. The van der Waals surface area contributed by atoms with E-state index < -0.39 is 0 Å². The molecule has 0 saturated heterocycles. The highest BCUT2D eigenvalue weighted by Gasteiger charge is 2.17. The Labute approximate surface area is 125 Å². The Morgan fingerprint density at radius 3 is 2.52 bits per heavy atom. The summed E-state index contributed by atoms with van der Waals surface area (Å²) in [5.41, 5.74) is 4.49. The van der Waals surface area contributed by atoms with Crippen LogP contribution in [0, 0.1) is 0 Å². The van der Waals surface area contributed by atoms with Crippen LogP contribution in [0.15, 0.2) is 42.5 Å². The van der Waals surface area contributed by atoms with Crippen LogP contribution in [-0.2, 0) is 19.4 Å². The molecule has 3 rings (SSSR count). The number of carbonyl (C=O) groups is 1. The van der Waals surface area contributed by atoms with Gasteiger partial charge in [-0.2, -0.15) is 0 Å². The maximum atomic E-state index is 11.9. The van der Waals surface area contributed by atoms with Crippen molar-refractivity contribution in [1.29, 1.82) is 0 Å². The van der Waals surface area contributed by atoms with E-state index in [-0.39, 0.29) is 5.78 Å². The topological polar surface area (TPSA) is 26.3 Å². The van der Waals surface area contributed by atoms with Gasteiger partial charge in [0.05, 0.1) is 0 Å². The summed E-state index contributed by atoms with van der Waals surface area (Å²) in [6.45, 7) is 2.69. The van der Waals surface area contributed by atoms with E-state index in [0.717, 1.165) is 41.7 Å². The van der Waals surface area contributed by atoms with Crippen LogP contribution in [0.3, 0.4) is 0 Å².